The summed E-state index contributed by atoms with van der Waals surface area (Å²) in [5.41, 5.74) is 0.688. The molecule has 2 aromatic rings. The zero-order valence-corrected chi connectivity index (χ0v) is 16.1. The van der Waals surface area contributed by atoms with E-state index in [9.17, 15) is 9.59 Å². The highest BCUT2D eigenvalue weighted by Crippen LogP contribution is 2.16. The molecule has 1 aromatic heterocycles. The summed E-state index contributed by atoms with van der Waals surface area (Å²) in [6, 6.07) is 10.8. The molecule has 2 heterocycles. The quantitative estimate of drug-likeness (QED) is 0.797. The summed E-state index contributed by atoms with van der Waals surface area (Å²) in [6.07, 6.45) is 0. The molecule has 0 bridgehead atoms. The van der Waals surface area contributed by atoms with E-state index in [4.69, 9.17) is 4.74 Å². The van der Waals surface area contributed by atoms with Crippen molar-refractivity contribution in [2.45, 2.75) is 0 Å². The Kier molecular flexibility index (Phi) is 6.67. The van der Waals surface area contributed by atoms with Crippen LogP contribution >= 0.6 is 11.3 Å². The number of rotatable bonds is 6. The number of anilines is 1. The average Bonchev–Trinajstić information content (AvgIpc) is 3.23. The fourth-order valence-electron chi connectivity index (χ4n) is 2.93. The zero-order chi connectivity index (χ0) is 19.1. The molecule has 0 spiro atoms. The Labute approximate surface area is 162 Å². The van der Waals surface area contributed by atoms with Crippen molar-refractivity contribution in [2.75, 3.05) is 51.7 Å². The number of nitrogens with zero attached hydrogens (tertiary/aromatic N) is 2. The van der Waals surface area contributed by atoms with E-state index < -0.39 is 0 Å². The number of ether oxygens (including phenoxy) is 1. The lowest BCUT2D eigenvalue weighted by molar-refractivity contribution is 0.0644. The zero-order valence-electron chi connectivity index (χ0n) is 15.3. The number of methoxy groups -OCH3 is 1. The van der Waals surface area contributed by atoms with Gasteiger partial charge in [0.25, 0.3) is 5.91 Å². The van der Waals surface area contributed by atoms with Gasteiger partial charge in [-0.3, -0.25) is 9.69 Å². The van der Waals surface area contributed by atoms with E-state index in [0.717, 1.165) is 24.5 Å². The van der Waals surface area contributed by atoms with Gasteiger partial charge in [0.05, 0.1) is 12.0 Å². The van der Waals surface area contributed by atoms with Gasteiger partial charge in [-0.25, -0.2) is 4.79 Å². The maximum Gasteiger partial charge on any atom is 0.319 e. The third-order valence-electron chi connectivity index (χ3n) is 4.43. The lowest BCUT2D eigenvalue weighted by Crippen LogP contribution is -2.50. The fraction of sp³-hybridized carbons (Fsp3) is 0.368. The molecule has 0 atom stereocenters. The van der Waals surface area contributed by atoms with E-state index in [2.05, 4.69) is 15.5 Å². The Morgan fingerprint density at radius 1 is 1.15 bits per heavy atom. The van der Waals surface area contributed by atoms with Crippen LogP contribution in [0.3, 0.4) is 0 Å². The van der Waals surface area contributed by atoms with Gasteiger partial charge in [0.2, 0.25) is 0 Å². The van der Waals surface area contributed by atoms with Gasteiger partial charge >= 0.3 is 6.03 Å². The number of carbonyl (C=O) groups excluding carboxylic acids is 2. The molecule has 0 radical (unpaired) electrons. The van der Waals surface area contributed by atoms with Crippen molar-refractivity contribution in [3.8, 4) is 5.75 Å². The predicted octanol–water partition coefficient (Wildman–Crippen LogP) is 2.34. The molecule has 7 nitrogen and oxygen atoms in total. The Morgan fingerprint density at radius 2 is 1.96 bits per heavy atom. The number of urea groups is 1. The smallest absolute Gasteiger partial charge is 0.319 e. The molecule has 0 aliphatic carbocycles. The normalized spacial score (nSPS) is 14.6. The van der Waals surface area contributed by atoms with Gasteiger partial charge in [0, 0.05) is 51.0 Å². The molecule has 144 valence electrons. The van der Waals surface area contributed by atoms with Crippen molar-refractivity contribution in [3.63, 3.8) is 0 Å². The molecule has 1 aliphatic heterocycles. The highest BCUT2D eigenvalue weighted by molar-refractivity contribution is 7.12. The minimum absolute atomic E-state index is 0.112. The van der Waals surface area contributed by atoms with Gasteiger partial charge in [-0.2, -0.15) is 0 Å². The Morgan fingerprint density at radius 3 is 2.67 bits per heavy atom. The van der Waals surface area contributed by atoms with Crippen molar-refractivity contribution in [1.29, 1.82) is 0 Å². The molecule has 1 saturated heterocycles. The van der Waals surface area contributed by atoms with Gasteiger partial charge in [0.1, 0.15) is 5.75 Å². The van der Waals surface area contributed by atoms with E-state index in [0.29, 0.717) is 31.1 Å². The maximum absolute atomic E-state index is 12.3. The molecule has 3 rings (SSSR count). The molecule has 8 heteroatoms. The van der Waals surface area contributed by atoms with Crippen molar-refractivity contribution in [1.82, 2.24) is 15.1 Å². The molecule has 1 aromatic carbocycles. The van der Waals surface area contributed by atoms with Crippen LogP contribution in [-0.4, -0.2) is 68.1 Å². The van der Waals surface area contributed by atoms with Crippen LogP contribution in [0.2, 0.25) is 0 Å². The average molecular weight is 388 g/mol. The molecule has 1 aliphatic rings. The number of carbonyl (C=O) groups is 2. The second-order valence-electron chi connectivity index (χ2n) is 6.22. The highest BCUT2D eigenvalue weighted by atomic mass is 32.1. The van der Waals surface area contributed by atoms with Crippen LogP contribution in [0.25, 0.3) is 0 Å². The Balaban J connectivity index is 1.35. The number of piperazine rings is 1. The molecule has 3 amide bonds. The maximum atomic E-state index is 12.3. The van der Waals surface area contributed by atoms with Crippen LogP contribution in [0.5, 0.6) is 5.75 Å². The molecular weight excluding hydrogens is 364 g/mol. The summed E-state index contributed by atoms with van der Waals surface area (Å²) in [6.45, 7) is 4.37. The molecular formula is C19H24N4O3S. The van der Waals surface area contributed by atoms with Gasteiger partial charge in [-0.1, -0.05) is 12.1 Å². The highest BCUT2D eigenvalue weighted by Gasteiger charge is 2.22. The fourth-order valence-corrected chi connectivity index (χ4v) is 3.63. The molecule has 27 heavy (non-hydrogen) atoms. The van der Waals surface area contributed by atoms with E-state index >= 15 is 0 Å². The number of amides is 3. The summed E-state index contributed by atoms with van der Waals surface area (Å²) < 4.78 is 5.14. The summed E-state index contributed by atoms with van der Waals surface area (Å²) in [5, 5.41) is 7.57. The number of nitrogens with one attached hydrogen (secondary N) is 2. The molecule has 2 N–H and O–H groups in total. The number of thiophene rings is 1. The topological polar surface area (TPSA) is 73.9 Å². The van der Waals surface area contributed by atoms with Crippen LogP contribution in [-0.2, 0) is 0 Å². The third kappa shape index (κ3) is 5.45. The van der Waals surface area contributed by atoms with Crippen LogP contribution in [0, 0.1) is 0 Å². The minimum atomic E-state index is -0.241. The van der Waals surface area contributed by atoms with Gasteiger partial charge in [0.15, 0.2) is 0 Å². The van der Waals surface area contributed by atoms with Gasteiger partial charge in [-0.05, 0) is 23.6 Å². The first-order valence-corrected chi connectivity index (χ1v) is 9.78. The molecule has 1 fully saturated rings. The summed E-state index contributed by atoms with van der Waals surface area (Å²) >= 11 is 1.48. The summed E-state index contributed by atoms with van der Waals surface area (Å²) in [7, 11) is 1.59. The van der Waals surface area contributed by atoms with Crippen molar-refractivity contribution in [2.24, 2.45) is 0 Å². The lowest BCUT2D eigenvalue weighted by Gasteiger charge is -2.34. The molecule has 0 unspecified atom stereocenters. The van der Waals surface area contributed by atoms with Crippen LogP contribution < -0.4 is 15.4 Å². The van der Waals surface area contributed by atoms with E-state index in [1.54, 1.807) is 13.2 Å². The number of benzene rings is 1. The van der Waals surface area contributed by atoms with Crippen LogP contribution in [0.1, 0.15) is 9.67 Å². The number of hydrogen-bond donors (Lipinski definition) is 2. The Bertz CT molecular complexity index is 758. The van der Waals surface area contributed by atoms with Crippen molar-refractivity contribution < 1.29 is 14.3 Å². The lowest BCUT2D eigenvalue weighted by atomic mass is 10.3. The van der Waals surface area contributed by atoms with E-state index in [-0.39, 0.29) is 11.9 Å². The number of hydrogen-bond acceptors (Lipinski definition) is 5. The first-order valence-electron chi connectivity index (χ1n) is 8.90. The minimum Gasteiger partial charge on any atom is -0.497 e. The first kappa shape index (κ1) is 19.2. The second kappa shape index (κ2) is 9.38. The van der Waals surface area contributed by atoms with E-state index in [1.807, 2.05) is 40.6 Å². The first-order chi connectivity index (χ1) is 13.2. The standard InChI is InChI=1S/C19H24N4O3S/c1-26-16-5-2-4-15(14-16)21-19(25)20-7-8-22-9-11-23(12-10-22)18(24)17-6-3-13-27-17/h2-6,13-14H,7-12H2,1H3,(H2,20,21,25). The Hall–Kier alpha value is -2.58. The van der Waals surface area contributed by atoms with Crippen LogP contribution in [0.15, 0.2) is 41.8 Å². The van der Waals surface area contributed by atoms with E-state index in [1.165, 1.54) is 11.3 Å². The van der Waals surface area contributed by atoms with Crippen LogP contribution in [0.4, 0.5) is 10.5 Å². The monoisotopic (exact) mass is 388 g/mol. The SMILES string of the molecule is COc1cccc(NC(=O)NCCN2CCN(C(=O)c3cccs3)CC2)c1. The summed E-state index contributed by atoms with van der Waals surface area (Å²) in [5.74, 6) is 0.809. The summed E-state index contributed by atoms with van der Waals surface area (Å²) in [4.78, 5) is 29.3. The van der Waals surface area contributed by atoms with Crippen molar-refractivity contribution in [3.05, 3.63) is 46.7 Å². The second-order valence-corrected chi connectivity index (χ2v) is 7.17. The van der Waals surface area contributed by atoms with Crippen molar-refractivity contribution >= 4 is 29.0 Å². The largest absolute Gasteiger partial charge is 0.497 e. The predicted molar refractivity (Wildman–Crippen MR) is 107 cm³/mol. The van der Waals surface area contributed by atoms with Gasteiger partial charge < -0.3 is 20.3 Å². The third-order valence-corrected chi connectivity index (χ3v) is 5.29. The molecule has 0 saturated carbocycles. The van der Waals surface area contributed by atoms with Gasteiger partial charge in [-0.15, -0.1) is 11.3 Å².